The summed E-state index contributed by atoms with van der Waals surface area (Å²) in [5, 5.41) is 0. The second-order valence-electron chi connectivity index (χ2n) is 2.54. The van der Waals surface area contributed by atoms with Gasteiger partial charge in [0.25, 0.3) is 0 Å². The highest BCUT2D eigenvalue weighted by Crippen LogP contribution is 2.12. The summed E-state index contributed by atoms with van der Waals surface area (Å²) < 4.78 is 4.77. The SMILES string of the molecule is O=C1C=CC(=Nc2ccccc2)O1. The van der Waals surface area contributed by atoms with Gasteiger partial charge < -0.3 is 4.74 Å². The largest absolute Gasteiger partial charge is 0.404 e. The molecule has 0 spiro atoms. The Kier molecular flexibility index (Phi) is 1.92. The summed E-state index contributed by atoms with van der Waals surface area (Å²) in [5.74, 6) is -0.0223. The van der Waals surface area contributed by atoms with E-state index >= 15 is 0 Å². The minimum atomic E-state index is -0.366. The van der Waals surface area contributed by atoms with Crippen LogP contribution in [-0.2, 0) is 9.53 Å². The van der Waals surface area contributed by atoms with Crippen LogP contribution in [0.15, 0.2) is 47.5 Å². The van der Waals surface area contributed by atoms with E-state index in [0.29, 0.717) is 5.90 Å². The fourth-order valence-corrected chi connectivity index (χ4v) is 1.00. The van der Waals surface area contributed by atoms with Crippen LogP contribution in [0.2, 0.25) is 0 Å². The first-order valence-electron chi connectivity index (χ1n) is 3.88. The number of esters is 1. The molecule has 0 saturated carbocycles. The first kappa shape index (κ1) is 7.73. The zero-order valence-electron chi connectivity index (χ0n) is 6.81. The number of para-hydroxylation sites is 1. The lowest BCUT2D eigenvalue weighted by Crippen LogP contribution is -1.98. The Balaban J connectivity index is 2.23. The molecule has 64 valence electrons. The Labute approximate surface area is 75.4 Å². The van der Waals surface area contributed by atoms with Gasteiger partial charge in [0.15, 0.2) is 0 Å². The van der Waals surface area contributed by atoms with E-state index in [1.54, 1.807) is 6.08 Å². The van der Waals surface area contributed by atoms with Crippen LogP contribution in [0.4, 0.5) is 5.69 Å². The van der Waals surface area contributed by atoms with Crippen molar-refractivity contribution >= 4 is 17.6 Å². The van der Waals surface area contributed by atoms with Crippen molar-refractivity contribution in [2.45, 2.75) is 0 Å². The van der Waals surface area contributed by atoms with Gasteiger partial charge in [0, 0.05) is 12.2 Å². The van der Waals surface area contributed by atoms with Crippen molar-refractivity contribution in [2.24, 2.45) is 4.99 Å². The smallest absolute Gasteiger partial charge is 0.337 e. The topological polar surface area (TPSA) is 38.7 Å². The molecule has 1 aliphatic heterocycles. The summed E-state index contributed by atoms with van der Waals surface area (Å²) in [6.45, 7) is 0. The zero-order chi connectivity index (χ0) is 9.10. The van der Waals surface area contributed by atoms with Crippen LogP contribution in [0.25, 0.3) is 0 Å². The summed E-state index contributed by atoms with van der Waals surface area (Å²) in [5.41, 5.74) is 0.775. The molecule has 1 aliphatic rings. The predicted octanol–water partition coefficient (Wildman–Crippen LogP) is 1.83. The highest BCUT2D eigenvalue weighted by Gasteiger charge is 2.10. The van der Waals surface area contributed by atoms with Crippen LogP contribution in [-0.4, -0.2) is 11.9 Å². The van der Waals surface area contributed by atoms with Crippen molar-refractivity contribution in [2.75, 3.05) is 0 Å². The lowest BCUT2D eigenvalue weighted by Gasteiger charge is -1.94. The Hall–Kier alpha value is -1.90. The molecule has 0 aromatic heterocycles. The van der Waals surface area contributed by atoms with Crippen molar-refractivity contribution in [3.63, 3.8) is 0 Å². The summed E-state index contributed by atoms with van der Waals surface area (Å²) in [6.07, 6.45) is 2.90. The molecule has 1 heterocycles. The Morgan fingerprint density at radius 2 is 1.85 bits per heavy atom. The van der Waals surface area contributed by atoms with Crippen LogP contribution < -0.4 is 0 Å². The molecule has 3 heteroatoms. The van der Waals surface area contributed by atoms with E-state index in [9.17, 15) is 4.79 Å². The average Bonchev–Trinajstić information content (AvgIpc) is 2.53. The quantitative estimate of drug-likeness (QED) is 0.607. The molecule has 3 nitrogen and oxygen atoms in total. The minimum absolute atomic E-state index is 0.344. The molecule has 0 bridgehead atoms. The molecule has 0 aliphatic carbocycles. The molecule has 1 aromatic carbocycles. The van der Waals surface area contributed by atoms with E-state index in [1.807, 2.05) is 30.3 Å². The third kappa shape index (κ3) is 1.82. The van der Waals surface area contributed by atoms with Gasteiger partial charge in [-0.25, -0.2) is 9.79 Å². The van der Waals surface area contributed by atoms with Gasteiger partial charge in [-0.2, -0.15) is 0 Å². The molecule has 0 amide bonds. The van der Waals surface area contributed by atoms with E-state index in [-0.39, 0.29) is 5.97 Å². The maximum Gasteiger partial charge on any atom is 0.337 e. The van der Waals surface area contributed by atoms with E-state index in [4.69, 9.17) is 4.74 Å². The van der Waals surface area contributed by atoms with E-state index in [0.717, 1.165) is 5.69 Å². The summed E-state index contributed by atoms with van der Waals surface area (Å²) in [7, 11) is 0. The number of cyclic esters (lactones) is 1. The number of carbonyl (C=O) groups excluding carboxylic acids is 1. The van der Waals surface area contributed by atoms with E-state index in [2.05, 4.69) is 4.99 Å². The lowest BCUT2D eigenvalue weighted by atomic mass is 10.3. The Bertz CT molecular complexity index is 379. The first-order valence-corrected chi connectivity index (χ1v) is 3.88. The fraction of sp³-hybridized carbons (Fsp3) is 0. The molecule has 0 N–H and O–H groups in total. The lowest BCUT2D eigenvalue weighted by molar-refractivity contribution is -0.129. The number of hydrogen-bond donors (Lipinski definition) is 0. The van der Waals surface area contributed by atoms with Gasteiger partial charge in [-0.1, -0.05) is 18.2 Å². The van der Waals surface area contributed by atoms with Crippen LogP contribution >= 0.6 is 0 Å². The molecule has 0 saturated heterocycles. The number of aliphatic imine (C=N–C) groups is 1. The average molecular weight is 173 g/mol. The number of hydrogen-bond acceptors (Lipinski definition) is 3. The number of ether oxygens (including phenoxy) is 1. The van der Waals surface area contributed by atoms with Gasteiger partial charge in [-0.3, -0.25) is 0 Å². The summed E-state index contributed by atoms with van der Waals surface area (Å²) in [6, 6.07) is 9.33. The van der Waals surface area contributed by atoms with Gasteiger partial charge in [0.1, 0.15) is 0 Å². The zero-order valence-corrected chi connectivity index (χ0v) is 6.81. The Morgan fingerprint density at radius 3 is 2.46 bits per heavy atom. The number of rotatable bonds is 1. The third-order valence-electron chi connectivity index (χ3n) is 1.56. The van der Waals surface area contributed by atoms with Gasteiger partial charge in [-0.05, 0) is 12.1 Å². The molecule has 13 heavy (non-hydrogen) atoms. The normalized spacial score (nSPS) is 17.8. The maximum absolute atomic E-state index is 10.7. The van der Waals surface area contributed by atoms with Crippen molar-refractivity contribution in [1.29, 1.82) is 0 Å². The van der Waals surface area contributed by atoms with E-state index in [1.165, 1.54) is 6.08 Å². The molecule has 2 rings (SSSR count). The third-order valence-corrected chi connectivity index (χ3v) is 1.56. The van der Waals surface area contributed by atoms with Crippen LogP contribution in [0.1, 0.15) is 0 Å². The molecule has 1 aromatic rings. The van der Waals surface area contributed by atoms with E-state index < -0.39 is 0 Å². The standard InChI is InChI=1S/C10H7NO2/c12-10-7-6-9(13-10)11-8-4-2-1-3-5-8/h1-7H. The van der Waals surface area contributed by atoms with Gasteiger partial charge in [-0.15, -0.1) is 0 Å². The second kappa shape index (κ2) is 3.23. The summed E-state index contributed by atoms with van der Waals surface area (Å²) in [4.78, 5) is 14.7. The number of nitrogens with zero attached hydrogens (tertiary/aromatic N) is 1. The highest BCUT2D eigenvalue weighted by atomic mass is 16.5. The monoisotopic (exact) mass is 173 g/mol. The second-order valence-corrected chi connectivity index (χ2v) is 2.54. The molecule has 0 atom stereocenters. The Morgan fingerprint density at radius 1 is 1.08 bits per heavy atom. The highest BCUT2D eigenvalue weighted by molar-refractivity contribution is 6.08. The van der Waals surface area contributed by atoms with Crippen LogP contribution in [0.5, 0.6) is 0 Å². The molecule has 0 unspecified atom stereocenters. The van der Waals surface area contributed by atoms with Crippen molar-refractivity contribution in [3.8, 4) is 0 Å². The van der Waals surface area contributed by atoms with Gasteiger partial charge >= 0.3 is 5.97 Å². The van der Waals surface area contributed by atoms with Gasteiger partial charge in [0.05, 0.1) is 5.69 Å². The predicted molar refractivity (Wildman–Crippen MR) is 48.8 cm³/mol. The molecule has 0 radical (unpaired) electrons. The van der Waals surface area contributed by atoms with Crippen LogP contribution in [0.3, 0.4) is 0 Å². The molecule has 0 fully saturated rings. The number of carbonyl (C=O) groups is 1. The molecular weight excluding hydrogens is 166 g/mol. The van der Waals surface area contributed by atoms with Gasteiger partial charge in [0.2, 0.25) is 5.90 Å². The summed E-state index contributed by atoms with van der Waals surface area (Å²) >= 11 is 0. The molecular formula is C10H7NO2. The van der Waals surface area contributed by atoms with Crippen molar-refractivity contribution in [3.05, 3.63) is 42.5 Å². The first-order chi connectivity index (χ1) is 6.34. The maximum atomic E-state index is 10.7. The van der Waals surface area contributed by atoms with Crippen LogP contribution in [0, 0.1) is 0 Å². The minimum Gasteiger partial charge on any atom is -0.404 e. The fourth-order valence-electron chi connectivity index (χ4n) is 1.00. The van der Waals surface area contributed by atoms with Crippen molar-refractivity contribution in [1.82, 2.24) is 0 Å². The number of benzene rings is 1. The van der Waals surface area contributed by atoms with Crippen molar-refractivity contribution < 1.29 is 9.53 Å².